The minimum absolute atomic E-state index is 0.345. The Kier molecular flexibility index (Phi) is 4.29. The molecule has 0 saturated carbocycles. The molecule has 1 aromatic carbocycles. The third-order valence-corrected chi connectivity index (χ3v) is 4.27. The number of nitrogens with zero attached hydrogens (tertiary/aromatic N) is 4. The first-order valence-corrected chi connectivity index (χ1v) is 8.17. The van der Waals surface area contributed by atoms with Gasteiger partial charge in [-0.15, -0.1) is 5.10 Å². The first-order valence-electron chi connectivity index (χ1n) is 8.17. The van der Waals surface area contributed by atoms with Crippen LogP contribution >= 0.6 is 0 Å². The van der Waals surface area contributed by atoms with Gasteiger partial charge in [0.1, 0.15) is 6.67 Å². The zero-order chi connectivity index (χ0) is 17.2. The summed E-state index contributed by atoms with van der Waals surface area (Å²) in [5, 5.41) is 4.30. The average molecular weight is 343 g/mol. The monoisotopic (exact) mass is 343 g/mol. The van der Waals surface area contributed by atoms with Gasteiger partial charge in [-0.05, 0) is 11.1 Å². The van der Waals surface area contributed by atoms with Crippen molar-refractivity contribution in [2.24, 2.45) is 0 Å². The van der Waals surface area contributed by atoms with Crippen LogP contribution in [0.3, 0.4) is 0 Å². The highest BCUT2D eigenvalue weighted by molar-refractivity contribution is 5.63. The van der Waals surface area contributed by atoms with Gasteiger partial charge in [0.2, 0.25) is 0 Å². The summed E-state index contributed by atoms with van der Waals surface area (Å²) in [6.07, 6.45) is 0. The molecule has 1 saturated heterocycles. The lowest BCUT2D eigenvalue weighted by atomic mass is 10.1. The largest absolute Gasteiger partial charge is 0.379 e. The predicted octanol–water partition coefficient (Wildman–Crippen LogP) is 1.39. The van der Waals surface area contributed by atoms with Crippen molar-refractivity contribution in [2.75, 3.05) is 26.3 Å². The normalized spacial score (nSPS) is 15.7. The first-order chi connectivity index (χ1) is 12.2. The van der Waals surface area contributed by atoms with E-state index < -0.39 is 6.67 Å². The van der Waals surface area contributed by atoms with Crippen LogP contribution < -0.4 is 5.69 Å². The van der Waals surface area contributed by atoms with E-state index in [9.17, 15) is 9.18 Å². The second kappa shape index (κ2) is 6.73. The molecule has 0 atom stereocenters. The van der Waals surface area contributed by atoms with E-state index in [-0.39, 0.29) is 5.69 Å². The Balaban J connectivity index is 1.65. The molecule has 3 aromatic rings. The van der Waals surface area contributed by atoms with Crippen LogP contribution in [0.5, 0.6) is 0 Å². The number of nitrogens with one attached hydrogen (secondary N) is 1. The van der Waals surface area contributed by atoms with E-state index in [1.165, 1.54) is 4.52 Å². The maximum absolute atomic E-state index is 12.6. The number of aromatic amines is 1. The third-order valence-electron chi connectivity index (χ3n) is 4.27. The van der Waals surface area contributed by atoms with Crippen LogP contribution in [0, 0.1) is 0 Å². The molecule has 3 heterocycles. The molecule has 0 spiro atoms. The molecule has 8 heteroatoms. The van der Waals surface area contributed by atoms with Crippen molar-refractivity contribution in [3.05, 3.63) is 52.2 Å². The summed E-state index contributed by atoms with van der Waals surface area (Å²) >= 11 is 0. The van der Waals surface area contributed by atoms with Gasteiger partial charge in [0.15, 0.2) is 11.5 Å². The summed E-state index contributed by atoms with van der Waals surface area (Å²) < 4.78 is 19.2. The highest BCUT2D eigenvalue weighted by Crippen LogP contribution is 2.18. The van der Waals surface area contributed by atoms with Gasteiger partial charge in [-0.2, -0.15) is 4.52 Å². The number of alkyl halides is 1. The Hall–Kier alpha value is -2.58. The number of rotatable bonds is 4. The predicted molar refractivity (Wildman–Crippen MR) is 90.0 cm³/mol. The highest BCUT2D eigenvalue weighted by Gasteiger charge is 2.15. The van der Waals surface area contributed by atoms with E-state index in [0.29, 0.717) is 42.5 Å². The number of hydrogen-bond acceptors (Lipinski definition) is 5. The second-order valence-electron chi connectivity index (χ2n) is 6.01. The van der Waals surface area contributed by atoms with Crippen molar-refractivity contribution >= 4 is 5.65 Å². The Labute approximate surface area is 143 Å². The fourth-order valence-corrected chi connectivity index (χ4v) is 2.90. The third kappa shape index (κ3) is 3.31. The van der Waals surface area contributed by atoms with Gasteiger partial charge < -0.3 is 9.72 Å². The van der Waals surface area contributed by atoms with E-state index in [0.717, 1.165) is 18.7 Å². The summed E-state index contributed by atoms with van der Waals surface area (Å²) in [7, 11) is 0. The molecule has 1 aliphatic rings. The van der Waals surface area contributed by atoms with Gasteiger partial charge in [-0.25, -0.2) is 14.2 Å². The molecule has 4 rings (SSSR count). The van der Waals surface area contributed by atoms with Gasteiger partial charge in [0, 0.05) is 19.2 Å². The molecule has 0 unspecified atom stereocenters. The number of fused-ring (bicyclic) bond motifs is 1. The van der Waals surface area contributed by atoms with Crippen molar-refractivity contribution in [2.45, 2.75) is 13.2 Å². The van der Waals surface area contributed by atoms with Gasteiger partial charge in [0.05, 0.1) is 25.5 Å². The average Bonchev–Trinajstić information content (AvgIpc) is 3.05. The minimum Gasteiger partial charge on any atom is -0.379 e. The van der Waals surface area contributed by atoms with Crippen molar-refractivity contribution in [1.82, 2.24) is 24.5 Å². The van der Waals surface area contributed by atoms with Crippen molar-refractivity contribution in [3.63, 3.8) is 0 Å². The molecular formula is C17H18FN5O2. The first kappa shape index (κ1) is 15.9. The van der Waals surface area contributed by atoms with Crippen LogP contribution in [0.4, 0.5) is 4.39 Å². The van der Waals surface area contributed by atoms with Crippen molar-refractivity contribution in [1.29, 1.82) is 0 Å². The number of H-pyrrole nitrogens is 1. The van der Waals surface area contributed by atoms with Crippen molar-refractivity contribution in [3.8, 4) is 11.3 Å². The Morgan fingerprint density at radius 1 is 1.20 bits per heavy atom. The molecule has 1 fully saturated rings. The molecular weight excluding hydrogens is 325 g/mol. The molecule has 130 valence electrons. The summed E-state index contributed by atoms with van der Waals surface area (Å²) in [5.41, 5.74) is 2.18. The maximum Gasteiger partial charge on any atom is 0.348 e. The number of hydrogen-bond donors (Lipinski definition) is 1. The van der Waals surface area contributed by atoms with E-state index in [1.807, 2.05) is 0 Å². The Bertz CT molecular complexity index is 928. The van der Waals surface area contributed by atoms with Crippen LogP contribution in [0.1, 0.15) is 11.4 Å². The Morgan fingerprint density at radius 2 is 1.96 bits per heavy atom. The molecule has 25 heavy (non-hydrogen) atoms. The number of halogens is 1. The molecule has 0 aliphatic carbocycles. The summed E-state index contributed by atoms with van der Waals surface area (Å²) in [6.45, 7) is 3.14. The number of benzene rings is 1. The topological polar surface area (TPSA) is 75.5 Å². The zero-order valence-electron chi connectivity index (χ0n) is 13.6. The Morgan fingerprint density at radius 3 is 2.68 bits per heavy atom. The summed E-state index contributed by atoms with van der Waals surface area (Å²) in [4.78, 5) is 21.8. The molecule has 2 aromatic heterocycles. The number of morpholine rings is 1. The van der Waals surface area contributed by atoms with Crippen LogP contribution in [-0.2, 0) is 18.0 Å². The molecule has 7 nitrogen and oxygen atoms in total. The second-order valence-corrected chi connectivity index (χ2v) is 6.01. The fraction of sp³-hybridized carbons (Fsp3) is 0.353. The number of ether oxygens (including phenoxy) is 1. The van der Waals surface area contributed by atoms with E-state index in [2.05, 4.69) is 20.0 Å². The fourth-order valence-electron chi connectivity index (χ4n) is 2.90. The standard InChI is InChI=1S/C17H18FN5O2/c18-10-12-1-3-13(4-2-12)14-9-16-20-15(21-23(16)17(24)19-14)11-22-5-7-25-8-6-22/h1-4,9H,5-8,10-11H2,(H,19,24). The van der Waals surface area contributed by atoms with E-state index in [4.69, 9.17) is 4.74 Å². The lowest BCUT2D eigenvalue weighted by molar-refractivity contribution is 0.0331. The minimum atomic E-state index is -0.509. The molecule has 1 aliphatic heterocycles. The maximum atomic E-state index is 12.6. The van der Waals surface area contributed by atoms with Crippen LogP contribution in [0.2, 0.25) is 0 Å². The van der Waals surface area contributed by atoms with Gasteiger partial charge in [-0.3, -0.25) is 4.90 Å². The van der Waals surface area contributed by atoms with E-state index >= 15 is 0 Å². The van der Waals surface area contributed by atoms with Gasteiger partial charge in [-0.1, -0.05) is 24.3 Å². The van der Waals surface area contributed by atoms with Crippen LogP contribution in [0.25, 0.3) is 16.9 Å². The SMILES string of the molecule is O=c1[nH]c(-c2ccc(CF)cc2)cc2nc(CN3CCOCC3)nn12. The lowest BCUT2D eigenvalue weighted by Gasteiger charge is -2.25. The number of aromatic nitrogens is 4. The summed E-state index contributed by atoms with van der Waals surface area (Å²) in [6, 6.07) is 8.74. The quantitative estimate of drug-likeness (QED) is 0.775. The van der Waals surface area contributed by atoms with Crippen LogP contribution in [0.15, 0.2) is 35.1 Å². The smallest absolute Gasteiger partial charge is 0.348 e. The van der Waals surface area contributed by atoms with Gasteiger partial charge in [0.25, 0.3) is 0 Å². The van der Waals surface area contributed by atoms with Crippen LogP contribution in [-0.4, -0.2) is 50.8 Å². The van der Waals surface area contributed by atoms with E-state index in [1.54, 1.807) is 30.3 Å². The molecule has 0 radical (unpaired) electrons. The molecule has 0 amide bonds. The van der Waals surface area contributed by atoms with Crippen molar-refractivity contribution < 1.29 is 9.13 Å². The van der Waals surface area contributed by atoms with Gasteiger partial charge >= 0.3 is 5.69 Å². The summed E-state index contributed by atoms with van der Waals surface area (Å²) in [5.74, 6) is 0.609. The lowest BCUT2D eigenvalue weighted by Crippen LogP contribution is -2.36. The molecule has 0 bridgehead atoms. The highest BCUT2D eigenvalue weighted by atomic mass is 19.1. The zero-order valence-corrected chi connectivity index (χ0v) is 13.6. The molecule has 1 N–H and O–H groups in total.